The number of carbonyl (C=O) groups is 1. The maximum absolute atomic E-state index is 10.9. The van der Waals surface area contributed by atoms with Crippen molar-refractivity contribution in [3.63, 3.8) is 0 Å². The Morgan fingerprint density at radius 3 is 2.69 bits per heavy atom. The Labute approximate surface area is 99.2 Å². The normalized spacial score (nSPS) is 26.7. The van der Waals surface area contributed by atoms with Crippen molar-refractivity contribution < 1.29 is 4.79 Å². The molecule has 1 rings (SSSR count). The number of primary amides is 1. The van der Waals surface area contributed by atoms with Gasteiger partial charge >= 0.3 is 0 Å². The van der Waals surface area contributed by atoms with Crippen LogP contribution in [0.4, 0.5) is 0 Å². The summed E-state index contributed by atoms with van der Waals surface area (Å²) in [5, 5.41) is 3.48. The minimum atomic E-state index is -0.227. The van der Waals surface area contributed by atoms with E-state index < -0.39 is 0 Å². The van der Waals surface area contributed by atoms with Gasteiger partial charge in [0.25, 0.3) is 0 Å². The van der Waals surface area contributed by atoms with Crippen LogP contribution in [0.1, 0.15) is 52.9 Å². The lowest BCUT2D eigenvalue weighted by Gasteiger charge is -2.31. The Balaban J connectivity index is 2.29. The second-order valence-corrected chi connectivity index (χ2v) is 6.05. The molecule has 1 aliphatic rings. The lowest BCUT2D eigenvalue weighted by Crippen LogP contribution is -2.45. The Bertz CT molecular complexity index is 238. The molecule has 16 heavy (non-hydrogen) atoms. The van der Waals surface area contributed by atoms with Crippen molar-refractivity contribution in [2.75, 3.05) is 6.54 Å². The van der Waals surface area contributed by atoms with Crippen molar-refractivity contribution in [1.29, 1.82) is 0 Å². The highest BCUT2D eigenvalue weighted by Gasteiger charge is 2.24. The summed E-state index contributed by atoms with van der Waals surface area (Å²) in [6.07, 6.45) is 5.78. The highest BCUT2D eigenvalue weighted by atomic mass is 16.1. The van der Waals surface area contributed by atoms with E-state index in [9.17, 15) is 4.79 Å². The number of amides is 1. The molecular formula is C13H26N2O. The Kier molecular flexibility index (Phi) is 4.78. The van der Waals surface area contributed by atoms with E-state index in [0.29, 0.717) is 6.42 Å². The fourth-order valence-electron chi connectivity index (χ4n) is 2.66. The van der Waals surface area contributed by atoms with Gasteiger partial charge in [-0.05, 0) is 45.1 Å². The molecule has 0 radical (unpaired) electrons. The molecule has 0 aromatic carbocycles. The molecule has 0 aliphatic heterocycles. The molecule has 2 unspecified atom stereocenters. The topological polar surface area (TPSA) is 55.1 Å². The summed E-state index contributed by atoms with van der Waals surface area (Å²) in [4.78, 5) is 10.9. The third-order valence-corrected chi connectivity index (χ3v) is 3.53. The minimum absolute atomic E-state index is 0.160. The van der Waals surface area contributed by atoms with Gasteiger partial charge in [0.05, 0.1) is 0 Å². The molecule has 1 amide bonds. The van der Waals surface area contributed by atoms with Crippen molar-refractivity contribution in [3.05, 3.63) is 0 Å². The molecule has 1 aliphatic carbocycles. The summed E-state index contributed by atoms with van der Waals surface area (Å²) in [6, 6.07) is 0. The predicted molar refractivity (Wildman–Crippen MR) is 67.0 cm³/mol. The number of rotatable bonds is 5. The summed E-state index contributed by atoms with van der Waals surface area (Å²) in [5.41, 5.74) is 5.07. The van der Waals surface area contributed by atoms with E-state index in [-0.39, 0.29) is 11.4 Å². The first-order valence-corrected chi connectivity index (χ1v) is 6.42. The van der Waals surface area contributed by atoms with E-state index in [1.165, 1.54) is 25.7 Å². The van der Waals surface area contributed by atoms with Gasteiger partial charge in [-0.1, -0.05) is 19.8 Å². The van der Waals surface area contributed by atoms with Crippen LogP contribution in [0.25, 0.3) is 0 Å². The molecule has 0 heterocycles. The van der Waals surface area contributed by atoms with Crippen LogP contribution in [0.3, 0.4) is 0 Å². The summed E-state index contributed by atoms with van der Waals surface area (Å²) < 4.78 is 0. The SMILES string of the molecule is CC1CCCC(CNC(C)(C)CC(N)=O)C1. The molecular weight excluding hydrogens is 200 g/mol. The standard InChI is InChI=1S/C13H26N2O/c1-10-5-4-6-11(7-10)9-15-13(2,3)8-12(14)16/h10-11,15H,4-9H2,1-3H3,(H2,14,16). The predicted octanol–water partition coefficient (Wildman–Crippen LogP) is 2.06. The molecule has 1 fully saturated rings. The molecule has 0 aromatic rings. The zero-order valence-corrected chi connectivity index (χ0v) is 10.9. The largest absolute Gasteiger partial charge is 0.370 e. The number of nitrogens with one attached hydrogen (secondary N) is 1. The molecule has 3 heteroatoms. The first-order valence-electron chi connectivity index (χ1n) is 6.42. The molecule has 0 spiro atoms. The first-order chi connectivity index (χ1) is 7.39. The number of nitrogens with two attached hydrogens (primary N) is 1. The molecule has 2 atom stereocenters. The second kappa shape index (κ2) is 5.67. The maximum Gasteiger partial charge on any atom is 0.219 e. The first kappa shape index (κ1) is 13.5. The van der Waals surface area contributed by atoms with Gasteiger partial charge in [-0.2, -0.15) is 0 Å². The average Bonchev–Trinajstić information content (AvgIpc) is 2.13. The smallest absolute Gasteiger partial charge is 0.219 e. The number of hydrogen-bond donors (Lipinski definition) is 2. The molecule has 1 saturated carbocycles. The van der Waals surface area contributed by atoms with Crippen LogP contribution >= 0.6 is 0 Å². The van der Waals surface area contributed by atoms with Gasteiger partial charge in [0.15, 0.2) is 0 Å². The average molecular weight is 226 g/mol. The molecule has 94 valence electrons. The summed E-state index contributed by atoms with van der Waals surface area (Å²) in [6.45, 7) is 7.44. The Morgan fingerprint density at radius 2 is 2.12 bits per heavy atom. The Hall–Kier alpha value is -0.570. The van der Waals surface area contributed by atoms with Gasteiger partial charge in [-0.25, -0.2) is 0 Å². The van der Waals surface area contributed by atoms with Crippen molar-refractivity contribution in [3.8, 4) is 0 Å². The molecule has 0 saturated heterocycles. The van der Waals surface area contributed by atoms with E-state index in [4.69, 9.17) is 5.73 Å². The van der Waals surface area contributed by atoms with Gasteiger partial charge in [0.1, 0.15) is 0 Å². The van der Waals surface area contributed by atoms with Crippen molar-refractivity contribution in [2.24, 2.45) is 17.6 Å². The highest BCUT2D eigenvalue weighted by molar-refractivity contribution is 5.74. The van der Waals surface area contributed by atoms with Gasteiger partial charge in [0.2, 0.25) is 5.91 Å². The Morgan fingerprint density at radius 1 is 1.44 bits per heavy atom. The van der Waals surface area contributed by atoms with E-state index in [0.717, 1.165) is 18.4 Å². The van der Waals surface area contributed by atoms with E-state index in [1.54, 1.807) is 0 Å². The van der Waals surface area contributed by atoms with Gasteiger partial charge in [-0.3, -0.25) is 4.79 Å². The second-order valence-electron chi connectivity index (χ2n) is 6.05. The lowest BCUT2D eigenvalue weighted by atomic mass is 9.82. The summed E-state index contributed by atoms with van der Waals surface area (Å²) in [5.74, 6) is 1.41. The fraction of sp³-hybridized carbons (Fsp3) is 0.923. The minimum Gasteiger partial charge on any atom is -0.370 e. The van der Waals surface area contributed by atoms with Gasteiger partial charge in [0, 0.05) is 12.0 Å². The van der Waals surface area contributed by atoms with E-state index in [1.807, 2.05) is 13.8 Å². The quantitative estimate of drug-likeness (QED) is 0.754. The zero-order valence-electron chi connectivity index (χ0n) is 10.9. The van der Waals surface area contributed by atoms with Crippen LogP contribution in [-0.4, -0.2) is 18.0 Å². The number of carbonyl (C=O) groups excluding carboxylic acids is 1. The van der Waals surface area contributed by atoms with Gasteiger partial charge in [-0.15, -0.1) is 0 Å². The molecule has 0 bridgehead atoms. The molecule has 3 nitrogen and oxygen atoms in total. The highest BCUT2D eigenvalue weighted by Crippen LogP contribution is 2.28. The summed E-state index contributed by atoms with van der Waals surface area (Å²) in [7, 11) is 0. The summed E-state index contributed by atoms with van der Waals surface area (Å²) >= 11 is 0. The van der Waals surface area contributed by atoms with Crippen LogP contribution in [0.2, 0.25) is 0 Å². The van der Waals surface area contributed by atoms with Gasteiger partial charge < -0.3 is 11.1 Å². The fourth-order valence-corrected chi connectivity index (χ4v) is 2.66. The maximum atomic E-state index is 10.9. The van der Waals surface area contributed by atoms with Crippen LogP contribution in [0.5, 0.6) is 0 Å². The van der Waals surface area contributed by atoms with Crippen molar-refractivity contribution >= 4 is 5.91 Å². The van der Waals surface area contributed by atoms with Crippen molar-refractivity contribution in [1.82, 2.24) is 5.32 Å². The van der Waals surface area contributed by atoms with Crippen LogP contribution < -0.4 is 11.1 Å². The number of hydrogen-bond acceptors (Lipinski definition) is 2. The third-order valence-electron chi connectivity index (χ3n) is 3.53. The van der Waals surface area contributed by atoms with Crippen LogP contribution in [0.15, 0.2) is 0 Å². The van der Waals surface area contributed by atoms with Crippen molar-refractivity contribution in [2.45, 2.75) is 58.4 Å². The van der Waals surface area contributed by atoms with E-state index >= 15 is 0 Å². The molecule has 0 aromatic heterocycles. The van der Waals surface area contributed by atoms with E-state index in [2.05, 4.69) is 12.2 Å². The monoisotopic (exact) mass is 226 g/mol. The zero-order chi connectivity index (χ0) is 12.2. The van der Waals surface area contributed by atoms with Crippen LogP contribution in [0, 0.1) is 11.8 Å². The third kappa shape index (κ3) is 4.97. The van der Waals surface area contributed by atoms with Crippen LogP contribution in [-0.2, 0) is 4.79 Å². The lowest BCUT2D eigenvalue weighted by molar-refractivity contribution is -0.119. The molecule has 3 N–H and O–H groups in total.